The van der Waals surface area contributed by atoms with Gasteiger partial charge >= 0.3 is 0 Å². The third-order valence-electron chi connectivity index (χ3n) is 3.28. The zero-order valence-corrected chi connectivity index (χ0v) is 13.8. The van der Waals surface area contributed by atoms with Gasteiger partial charge in [-0.05, 0) is 31.5 Å². The number of benzene rings is 1. The van der Waals surface area contributed by atoms with E-state index < -0.39 is 0 Å². The number of aryl methyl sites for hydroxylation is 2. The number of carbonyl (C=O) groups excluding carboxylic acids is 1. The molecule has 2 aromatic rings. The molecule has 2 rings (SSSR count). The van der Waals surface area contributed by atoms with Gasteiger partial charge in [-0.3, -0.25) is 4.79 Å². The van der Waals surface area contributed by atoms with Gasteiger partial charge in [0.05, 0.1) is 18.6 Å². The first-order chi connectivity index (χ1) is 10.6. The number of nitrogens with one attached hydrogen (secondary N) is 1. The van der Waals surface area contributed by atoms with Crippen molar-refractivity contribution in [2.45, 2.75) is 26.1 Å². The van der Waals surface area contributed by atoms with Crippen molar-refractivity contribution >= 4 is 17.7 Å². The zero-order chi connectivity index (χ0) is 15.9. The number of thioether (sulfide) groups is 1. The molecule has 0 spiro atoms. The lowest BCUT2D eigenvalue weighted by Crippen LogP contribution is -2.24. The van der Waals surface area contributed by atoms with Crippen molar-refractivity contribution in [3.05, 3.63) is 46.8 Å². The Morgan fingerprint density at radius 2 is 2.23 bits per heavy atom. The van der Waals surface area contributed by atoms with E-state index in [0.29, 0.717) is 12.3 Å². The Balaban J connectivity index is 1.74. The van der Waals surface area contributed by atoms with E-state index in [9.17, 15) is 4.79 Å². The molecule has 5 nitrogen and oxygen atoms in total. The van der Waals surface area contributed by atoms with Crippen molar-refractivity contribution in [3.8, 4) is 5.75 Å². The average Bonchev–Trinajstić information content (AvgIpc) is 2.85. The summed E-state index contributed by atoms with van der Waals surface area (Å²) in [5.74, 6) is 2.77. The van der Waals surface area contributed by atoms with Crippen LogP contribution in [0.4, 0.5) is 0 Å². The second-order valence-electron chi connectivity index (χ2n) is 4.92. The topological polar surface area (TPSA) is 64.4 Å². The molecule has 1 amide bonds. The standard InChI is InChI=1S/C16H20N2O3S/c1-11-15(12(2)21-18-11)9-22-10-16(19)17-8-13-5-4-6-14(7-13)20-3/h4-7H,8-10H2,1-3H3,(H,17,19). The molecule has 0 fully saturated rings. The smallest absolute Gasteiger partial charge is 0.230 e. The van der Waals surface area contributed by atoms with Gasteiger partial charge in [0, 0.05) is 17.9 Å². The summed E-state index contributed by atoms with van der Waals surface area (Å²) in [5, 5.41) is 6.81. The monoisotopic (exact) mass is 320 g/mol. The number of hydrogen-bond donors (Lipinski definition) is 1. The van der Waals surface area contributed by atoms with Gasteiger partial charge in [-0.15, -0.1) is 11.8 Å². The maximum atomic E-state index is 11.9. The van der Waals surface area contributed by atoms with E-state index in [1.165, 1.54) is 0 Å². The van der Waals surface area contributed by atoms with E-state index in [1.54, 1.807) is 18.9 Å². The first-order valence-electron chi connectivity index (χ1n) is 6.99. The lowest BCUT2D eigenvalue weighted by Gasteiger charge is -2.07. The highest BCUT2D eigenvalue weighted by molar-refractivity contribution is 7.99. The van der Waals surface area contributed by atoms with Crippen LogP contribution in [0.25, 0.3) is 0 Å². The van der Waals surface area contributed by atoms with Gasteiger partial charge in [0.1, 0.15) is 11.5 Å². The maximum Gasteiger partial charge on any atom is 0.230 e. The minimum atomic E-state index is 0.0135. The number of rotatable bonds is 7. The molecular formula is C16H20N2O3S. The van der Waals surface area contributed by atoms with Crippen molar-refractivity contribution < 1.29 is 14.1 Å². The summed E-state index contributed by atoms with van der Waals surface area (Å²) in [6.45, 7) is 4.30. The number of amides is 1. The first-order valence-corrected chi connectivity index (χ1v) is 8.14. The summed E-state index contributed by atoms with van der Waals surface area (Å²) in [7, 11) is 1.63. The molecule has 1 aromatic heterocycles. The van der Waals surface area contributed by atoms with E-state index >= 15 is 0 Å². The molecule has 0 unspecified atom stereocenters. The second-order valence-corrected chi connectivity index (χ2v) is 5.91. The summed E-state index contributed by atoms with van der Waals surface area (Å²) < 4.78 is 10.3. The van der Waals surface area contributed by atoms with Crippen LogP contribution in [0.2, 0.25) is 0 Å². The maximum absolute atomic E-state index is 11.9. The Kier molecular flexibility index (Phi) is 5.89. The lowest BCUT2D eigenvalue weighted by molar-refractivity contribution is -0.118. The summed E-state index contributed by atoms with van der Waals surface area (Å²) >= 11 is 1.55. The van der Waals surface area contributed by atoms with Crippen LogP contribution in [-0.2, 0) is 17.1 Å². The molecule has 0 saturated carbocycles. The van der Waals surface area contributed by atoms with Gasteiger partial charge in [-0.2, -0.15) is 0 Å². The molecule has 0 bridgehead atoms. The van der Waals surface area contributed by atoms with Crippen molar-refractivity contribution in [3.63, 3.8) is 0 Å². The van der Waals surface area contributed by atoms with Crippen molar-refractivity contribution in [2.24, 2.45) is 0 Å². The van der Waals surface area contributed by atoms with Crippen LogP contribution in [0.15, 0.2) is 28.8 Å². The molecule has 0 aliphatic carbocycles. The van der Waals surface area contributed by atoms with Gasteiger partial charge in [-0.25, -0.2) is 0 Å². The van der Waals surface area contributed by atoms with Crippen LogP contribution in [0.3, 0.4) is 0 Å². The molecule has 22 heavy (non-hydrogen) atoms. The molecule has 0 aliphatic rings. The molecule has 1 N–H and O–H groups in total. The fraction of sp³-hybridized carbons (Fsp3) is 0.375. The van der Waals surface area contributed by atoms with Crippen LogP contribution in [0, 0.1) is 13.8 Å². The molecule has 0 aliphatic heterocycles. The second kappa shape index (κ2) is 7.89. The van der Waals surface area contributed by atoms with Crippen LogP contribution >= 0.6 is 11.8 Å². The molecule has 0 saturated heterocycles. The zero-order valence-electron chi connectivity index (χ0n) is 13.0. The lowest BCUT2D eigenvalue weighted by atomic mass is 10.2. The van der Waals surface area contributed by atoms with Crippen molar-refractivity contribution in [1.82, 2.24) is 10.5 Å². The minimum Gasteiger partial charge on any atom is -0.497 e. The average molecular weight is 320 g/mol. The Hall–Kier alpha value is -1.95. The number of ether oxygens (including phenoxy) is 1. The normalized spacial score (nSPS) is 10.5. The molecule has 0 atom stereocenters. The predicted octanol–water partition coefficient (Wildman–Crippen LogP) is 2.85. The van der Waals surface area contributed by atoms with Gasteiger partial charge in [0.2, 0.25) is 5.91 Å². The molecule has 6 heteroatoms. The largest absolute Gasteiger partial charge is 0.497 e. The molecule has 118 valence electrons. The summed E-state index contributed by atoms with van der Waals surface area (Å²) in [6, 6.07) is 7.66. The Bertz CT molecular complexity index is 621. The van der Waals surface area contributed by atoms with Crippen LogP contribution in [-0.4, -0.2) is 23.9 Å². The van der Waals surface area contributed by atoms with Crippen molar-refractivity contribution in [1.29, 1.82) is 0 Å². The van der Waals surface area contributed by atoms with Gasteiger partial charge < -0.3 is 14.6 Å². The van der Waals surface area contributed by atoms with Crippen LogP contribution in [0.5, 0.6) is 5.75 Å². The van der Waals surface area contributed by atoms with E-state index in [2.05, 4.69) is 10.5 Å². The van der Waals surface area contributed by atoms with Crippen molar-refractivity contribution in [2.75, 3.05) is 12.9 Å². The Morgan fingerprint density at radius 3 is 2.91 bits per heavy atom. The van der Waals surface area contributed by atoms with Gasteiger partial charge in [0.25, 0.3) is 0 Å². The molecule has 1 heterocycles. The quantitative estimate of drug-likeness (QED) is 0.850. The summed E-state index contributed by atoms with van der Waals surface area (Å²) in [4.78, 5) is 11.9. The number of hydrogen-bond acceptors (Lipinski definition) is 5. The molecule has 1 aromatic carbocycles. The van der Waals surface area contributed by atoms with E-state index in [-0.39, 0.29) is 5.91 Å². The highest BCUT2D eigenvalue weighted by atomic mass is 32.2. The van der Waals surface area contributed by atoms with Crippen LogP contribution in [0.1, 0.15) is 22.6 Å². The number of aromatic nitrogens is 1. The summed E-state index contributed by atoms with van der Waals surface area (Å²) in [6.07, 6.45) is 0. The molecule has 0 radical (unpaired) electrons. The highest BCUT2D eigenvalue weighted by Gasteiger charge is 2.10. The Morgan fingerprint density at radius 1 is 1.41 bits per heavy atom. The Labute approximate surface area is 134 Å². The first kappa shape index (κ1) is 16.4. The fourth-order valence-corrected chi connectivity index (χ4v) is 2.99. The fourth-order valence-electron chi connectivity index (χ4n) is 1.99. The molecular weight excluding hydrogens is 300 g/mol. The van der Waals surface area contributed by atoms with E-state index in [4.69, 9.17) is 9.26 Å². The highest BCUT2D eigenvalue weighted by Crippen LogP contribution is 2.19. The SMILES string of the molecule is COc1cccc(CNC(=O)CSCc2c(C)noc2C)c1. The number of carbonyl (C=O) groups is 1. The van der Waals surface area contributed by atoms with E-state index in [1.807, 2.05) is 38.1 Å². The number of nitrogens with zero attached hydrogens (tertiary/aromatic N) is 1. The van der Waals surface area contributed by atoms with E-state index in [0.717, 1.165) is 34.1 Å². The summed E-state index contributed by atoms with van der Waals surface area (Å²) in [5.41, 5.74) is 2.98. The third-order valence-corrected chi connectivity index (χ3v) is 4.24. The predicted molar refractivity (Wildman–Crippen MR) is 87.0 cm³/mol. The van der Waals surface area contributed by atoms with Crippen LogP contribution < -0.4 is 10.1 Å². The number of methoxy groups -OCH3 is 1. The van der Waals surface area contributed by atoms with Gasteiger partial charge in [-0.1, -0.05) is 17.3 Å². The van der Waals surface area contributed by atoms with Gasteiger partial charge in [0.15, 0.2) is 0 Å². The minimum absolute atomic E-state index is 0.0135. The third kappa shape index (κ3) is 4.53.